The zero-order valence-electron chi connectivity index (χ0n) is 35.0. The molecule has 60 heavy (non-hydrogen) atoms. The van der Waals surface area contributed by atoms with Crippen LogP contribution in [-0.2, 0) is 38.0 Å². The third kappa shape index (κ3) is 15.7. The van der Waals surface area contributed by atoms with Crippen molar-refractivity contribution in [1.82, 2.24) is 10.6 Å². The van der Waals surface area contributed by atoms with Crippen LogP contribution < -0.4 is 10.6 Å². The summed E-state index contributed by atoms with van der Waals surface area (Å²) in [4.78, 5) is 23.8. The smallest absolute Gasteiger partial charge is 0.217 e. The van der Waals surface area contributed by atoms with Gasteiger partial charge in [-0.2, -0.15) is 0 Å². The van der Waals surface area contributed by atoms with Gasteiger partial charge in [-0.05, 0) is 12.8 Å². The highest BCUT2D eigenvalue weighted by Crippen LogP contribution is 2.33. The van der Waals surface area contributed by atoms with Gasteiger partial charge in [0, 0.05) is 13.8 Å². The molecule has 0 spiro atoms. The lowest BCUT2D eigenvalue weighted by molar-refractivity contribution is -0.374. The van der Waals surface area contributed by atoms with E-state index in [1.807, 2.05) is 6.08 Å². The van der Waals surface area contributed by atoms with Crippen LogP contribution >= 0.6 is 0 Å². The Morgan fingerprint density at radius 3 is 1.62 bits per heavy atom. The third-order valence-electron chi connectivity index (χ3n) is 11.0. The molecule has 0 unspecified atom stereocenters. The second kappa shape index (κ2) is 27.3. The van der Waals surface area contributed by atoms with Gasteiger partial charge in [0.25, 0.3) is 0 Å². The Morgan fingerprint density at radius 1 is 0.617 bits per heavy atom. The molecule has 12 N–H and O–H groups in total. The quantitative estimate of drug-likeness (QED) is 0.0322. The number of unbranched alkanes of at least 4 members (excludes halogenated alkanes) is 11. The molecule has 3 heterocycles. The first-order valence-electron chi connectivity index (χ1n) is 21.4. The van der Waals surface area contributed by atoms with Crippen LogP contribution in [0.3, 0.4) is 0 Å². The van der Waals surface area contributed by atoms with E-state index >= 15 is 0 Å². The highest BCUT2D eigenvalue weighted by molar-refractivity contribution is 5.73. The average molecular weight is 869 g/mol. The fourth-order valence-corrected chi connectivity index (χ4v) is 7.57. The van der Waals surface area contributed by atoms with E-state index in [1.165, 1.54) is 58.3 Å². The molecule has 3 fully saturated rings. The van der Waals surface area contributed by atoms with E-state index in [4.69, 9.17) is 28.4 Å². The number of carbonyl (C=O) groups excluding carboxylic acids is 2. The molecule has 3 saturated heterocycles. The predicted molar refractivity (Wildman–Crippen MR) is 210 cm³/mol. The molecule has 3 rings (SSSR count). The topological polar surface area (TPSA) is 316 Å². The summed E-state index contributed by atoms with van der Waals surface area (Å²) >= 11 is 0. The molecular weight excluding hydrogens is 796 g/mol. The van der Waals surface area contributed by atoms with Gasteiger partial charge in [0.15, 0.2) is 18.9 Å². The van der Waals surface area contributed by atoms with Gasteiger partial charge in [-0.3, -0.25) is 9.59 Å². The number of aliphatic hydroxyl groups is 10. The van der Waals surface area contributed by atoms with Crippen molar-refractivity contribution >= 4 is 11.8 Å². The molecule has 0 aromatic rings. The SMILES string of the molecule is CCCCCCCCCCCCC/C=C/[C@@H](O)[C@H](CO[C@@H]1O[C@H](CO)[C@@H](O[C@@H]2O[C@H](CO)[C@H](O[C@@H]3O[C@H](CO)[C@H](O)[C@H](O)[C@H]3NC(C)=O)[C@H](O)[C@H]2O)[C@H](O)[C@H]1O)NC(C)=O. The standard InChI is InChI=1S/C40H72N2O18/c1-4-5-6-7-8-9-10-11-12-13-14-15-16-17-25(48)24(41-22(2)46)21-55-39-34(53)32(51)37(27(19-44)57-39)60-40-35(54)33(52)36(28(20-45)58-40)59-38-29(42-23(3)47)31(50)30(49)26(18-43)56-38/h16-17,24-40,43-45,48-54H,4-15,18-21H2,1-3H3,(H,41,46)(H,42,47)/b17-16+/t24-,25+,26+,27+,28+,29+,30-,31+,32+,33+,34+,35+,36-,37+,38-,39+,40-/m0/s1. The fourth-order valence-electron chi connectivity index (χ4n) is 7.57. The first-order valence-corrected chi connectivity index (χ1v) is 21.4. The van der Waals surface area contributed by atoms with E-state index in [0.29, 0.717) is 0 Å². The largest absolute Gasteiger partial charge is 0.394 e. The summed E-state index contributed by atoms with van der Waals surface area (Å²) in [7, 11) is 0. The normalized spacial score (nSPS) is 35.9. The predicted octanol–water partition coefficient (Wildman–Crippen LogP) is -2.28. The summed E-state index contributed by atoms with van der Waals surface area (Å²) in [6.07, 6.45) is -7.25. The number of hydrogen-bond donors (Lipinski definition) is 12. The van der Waals surface area contributed by atoms with Crippen LogP contribution in [0.15, 0.2) is 12.2 Å². The van der Waals surface area contributed by atoms with Crippen LogP contribution in [0.4, 0.5) is 0 Å². The van der Waals surface area contributed by atoms with Crippen molar-refractivity contribution in [3.05, 3.63) is 12.2 Å². The van der Waals surface area contributed by atoms with Crippen molar-refractivity contribution in [3.63, 3.8) is 0 Å². The molecule has 0 aliphatic carbocycles. The molecule has 0 aromatic carbocycles. The average Bonchev–Trinajstić information content (AvgIpc) is 3.22. The first kappa shape index (κ1) is 52.4. The zero-order valence-corrected chi connectivity index (χ0v) is 35.0. The van der Waals surface area contributed by atoms with E-state index in [0.717, 1.165) is 32.6 Å². The second-order valence-electron chi connectivity index (χ2n) is 15.9. The Kier molecular flexibility index (Phi) is 23.8. The van der Waals surface area contributed by atoms with Crippen LogP contribution in [0.1, 0.15) is 97.8 Å². The van der Waals surface area contributed by atoms with Gasteiger partial charge in [-0.15, -0.1) is 0 Å². The molecule has 3 aliphatic heterocycles. The highest BCUT2D eigenvalue weighted by atomic mass is 16.8. The Bertz CT molecular complexity index is 1250. The molecule has 17 atom stereocenters. The maximum absolute atomic E-state index is 12.0. The maximum Gasteiger partial charge on any atom is 0.217 e. The molecular formula is C40H72N2O18. The summed E-state index contributed by atoms with van der Waals surface area (Å²) in [5.74, 6) is -1.11. The Balaban J connectivity index is 1.55. The minimum absolute atomic E-state index is 0.375. The molecule has 0 aromatic heterocycles. The van der Waals surface area contributed by atoms with Crippen molar-refractivity contribution in [2.45, 2.75) is 202 Å². The minimum atomic E-state index is -1.98. The summed E-state index contributed by atoms with van der Waals surface area (Å²) in [6, 6.07) is -2.40. The van der Waals surface area contributed by atoms with Crippen LogP contribution in [-0.4, -0.2) is 194 Å². The number of rotatable bonds is 26. The molecule has 0 saturated carbocycles. The highest BCUT2D eigenvalue weighted by Gasteiger charge is 2.54. The van der Waals surface area contributed by atoms with E-state index in [2.05, 4.69) is 17.6 Å². The van der Waals surface area contributed by atoms with Crippen molar-refractivity contribution < 1.29 is 89.1 Å². The lowest BCUT2D eigenvalue weighted by Gasteiger charge is -2.48. The number of hydrogen-bond acceptors (Lipinski definition) is 18. The van der Waals surface area contributed by atoms with Crippen LogP contribution in [0, 0.1) is 0 Å². The van der Waals surface area contributed by atoms with Crippen molar-refractivity contribution in [3.8, 4) is 0 Å². The lowest BCUT2D eigenvalue weighted by atomic mass is 9.95. The minimum Gasteiger partial charge on any atom is -0.394 e. The van der Waals surface area contributed by atoms with E-state index in [1.54, 1.807) is 6.08 Å². The van der Waals surface area contributed by atoms with E-state index < -0.39 is 136 Å². The third-order valence-corrected chi connectivity index (χ3v) is 11.0. The molecule has 2 amide bonds. The maximum atomic E-state index is 12.0. The molecule has 20 heteroatoms. The van der Waals surface area contributed by atoms with Gasteiger partial charge in [-0.25, -0.2) is 0 Å². The molecule has 3 aliphatic rings. The fraction of sp³-hybridized carbons (Fsp3) is 0.900. The van der Waals surface area contributed by atoms with Gasteiger partial charge in [0.1, 0.15) is 73.2 Å². The Labute approximate surface area is 351 Å². The molecule has 0 bridgehead atoms. The van der Waals surface area contributed by atoms with Crippen molar-refractivity contribution in [2.24, 2.45) is 0 Å². The number of ether oxygens (including phenoxy) is 6. The van der Waals surface area contributed by atoms with Crippen LogP contribution in [0.25, 0.3) is 0 Å². The lowest BCUT2D eigenvalue weighted by Crippen LogP contribution is -2.68. The van der Waals surface area contributed by atoms with E-state index in [9.17, 15) is 60.7 Å². The number of nitrogens with one attached hydrogen (secondary N) is 2. The second-order valence-corrected chi connectivity index (χ2v) is 15.9. The molecule has 350 valence electrons. The van der Waals surface area contributed by atoms with Gasteiger partial charge < -0.3 is 90.1 Å². The number of aliphatic hydroxyl groups excluding tert-OH is 10. The Hall–Kier alpha value is -1.96. The van der Waals surface area contributed by atoms with Crippen molar-refractivity contribution in [1.29, 1.82) is 0 Å². The number of amides is 2. The summed E-state index contributed by atoms with van der Waals surface area (Å²) in [6.45, 7) is 1.79. The number of carbonyl (C=O) groups is 2. The van der Waals surface area contributed by atoms with Crippen LogP contribution in [0.5, 0.6) is 0 Å². The number of allylic oxidation sites excluding steroid dienone is 1. The van der Waals surface area contributed by atoms with Crippen LogP contribution in [0.2, 0.25) is 0 Å². The van der Waals surface area contributed by atoms with Gasteiger partial charge in [0.2, 0.25) is 11.8 Å². The Morgan fingerprint density at radius 2 is 1.10 bits per heavy atom. The summed E-state index contributed by atoms with van der Waals surface area (Å²) in [5.41, 5.74) is 0. The van der Waals surface area contributed by atoms with Gasteiger partial charge in [-0.1, -0.05) is 83.3 Å². The summed E-state index contributed by atoms with van der Waals surface area (Å²) < 4.78 is 34.1. The zero-order chi connectivity index (χ0) is 44.4. The van der Waals surface area contributed by atoms with Gasteiger partial charge >= 0.3 is 0 Å². The first-order chi connectivity index (χ1) is 28.7. The molecule has 0 radical (unpaired) electrons. The monoisotopic (exact) mass is 868 g/mol. The summed E-state index contributed by atoms with van der Waals surface area (Å²) in [5, 5.41) is 111. The molecule has 20 nitrogen and oxygen atoms in total. The van der Waals surface area contributed by atoms with Gasteiger partial charge in [0.05, 0.1) is 38.6 Å². The van der Waals surface area contributed by atoms with E-state index in [-0.39, 0.29) is 6.61 Å². The van der Waals surface area contributed by atoms with Crippen molar-refractivity contribution in [2.75, 3.05) is 26.4 Å².